The lowest BCUT2D eigenvalue weighted by atomic mass is 9.97. The normalized spacial score (nSPS) is 16.9. The third-order valence-corrected chi connectivity index (χ3v) is 5.88. The summed E-state index contributed by atoms with van der Waals surface area (Å²) in [6, 6.07) is 11.3. The Hall–Kier alpha value is -3.19. The molecule has 0 radical (unpaired) electrons. The SMILES string of the molecule is Cn1c(C(=O)N2CCC[C@H](c3nc(-c4cccnc4)no3)C2)cc2cc(Cl)ccc21. The van der Waals surface area contributed by atoms with Crippen LogP contribution < -0.4 is 0 Å². The Bertz CT molecular complexity index is 1220. The van der Waals surface area contributed by atoms with Crippen molar-refractivity contribution >= 4 is 28.4 Å². The van der Waals surface area contributed by atoms with Crippen molar-refractivity contribution in [3.8, 4) is 11.4 Å². The fourth-order valence-corrected chi connectivity index (χ4v) is 4.24. The number of aromatic nitrogens is 4. The van der Waals surface area contributed by atoms with Crippen molar-refractivity contribution in [2.45, 2.75) is 18.8 Å². The minimum absolute atomic E-state index is 0.00141. The second kappa shape index (κ2) is 7.57. The molecule has 3 aromatic heterocycles. The zero-order valence-electron chi connectivity index (χ0n) is 16.5. The van der Waals surface area contributed by atoms with E-state index >= 15 is 0 Å². The maximum Gasteiger partial charge on any atom is 0.270 e. The molecule has 5 rings (SSSR count). The number of benzene rings is 1. The summed E-state index contributed by atoms with van der Waals surface area (Å²) in [4.78, 5) is 23.8. The van der Waals surface area contributed by atoms with Crippen LogP contribution in [0.3, 0.4) is 0 Å². The molecule has 1 amide bonds. The van der Waals surface area contributed by atoms with Crippen LogP contribution in [-0.4, -0.2) is 43.6 Å². The highest BCUT2D eigenvalue weighted by atomic mass is 35.5. The lowest BCUT2D eigenvalue weighted by molar-refractivity contribution is 0.0686. The molecule has 0 unspecified atom stereocenters. The first kappa shape index (κ1) is 18.8. The van der Waals surface area contributed by atoms with Crippen LogP contribution in [0, 0.1) is 0 Å². The second-order valence-corrected chi connectivity index (χ2v) is 8.02. The first-order chi connectivity index (χ1) is 14.6. The van der Waals surface area contributed by atoms with Crippen LogP contribution in [0.25, 0.3) is 22.3 Å². The van der Waals surface area contributed by atoms with Crippen LogP contribution in [0.2, 0.25) is 5.02 Å². The first-order valence-corrected chi connectivity index (χ1v) is 10.3. The van der Waals surface area contributed by atoms with Crippen molar-refractivity contribution in [2.24, 2.45) is 7.05 Å². The van der Waals surface area contributed by atoms with Gasteiger partial charge in [0.15, 0.2) is 0 Å². The minimum atomic E-state index is 0.00141. The number of amides is 1. The van der Waals surface area contributed by atoms with E-state index in [1.807, 2.05) is 52.9 Å². The van der Waals surface area contributed by atoms with Crippen molar-refractivity contribution in [1.29, 1.82) is 0 Å². The summed E-state index contributed by atoms with van der Waals surface area (Å²) in [5, 5.41) is 5.71. The molecule has 1 fully saturated rings. The van der Waals surface area contributed by atoms with Gasteiger partial charge in [-0.25, -0.2) is 0 Å². The molecule has 1 aliphatic rings. The number of fused-ring (bicyclic) bond motifs is 1. The molecule has 1 saturated heterocycles. The standard InChI is InChI=1S/C22H20ClN5O2/c1-27-18-7-6-17(23)10-16(18)11-19(27)22(29)28-9-3-5-15(13-28)21-25-20(26-30-21)14-4-2-8-24-12-14/h2,4,6-8,10-12,15H,3,5,9,13H2,1H3/t15-/m0/s1. The van der Waals surface area contributed by atoms with Crippen LogP contribution >= 0.6 is 11.6 Å². The molecule has 1 aromatic carbocycles. The Labute approximate surface area is 178 Å². The molecule has 1 atom stereocenters. The van der Waals surface area contributed by atoms with E-state index in [4.69, 9.17) is 16.1 Å². The van der Waals surface area contributed by atoms with Gasteiger partial charge in [0.2, 0.25) is 11.7 Å². The van der Waals surface area contributed by atoms with E-state index in [9.17, 15) is 4.79 Å². The average molecular weight is 422 g/mol. The molecule has 0 spiro atoms. The third-order valence-electron chi connectivity index (χ3n) is 5.64. The van der Waals surface area contributed by atoms with Gasteiger partial charge in [0, 0.05) is 54.0 Å². The number of halogens is 1. The molecule has 1 aliphatic heterocycles. The zero-order valence-corrected chi connectivity index (χ0v) is 17.2. The summed E-state index contributed by atoms with van der Waals surface area (Å²) in [5.74, 6) is 1.11. The number of pyridine rings is 1. The molecule has 4 heterocycles. The minimum Gasteiger partial charge on any atom is -0.340 e. The Morgan fingerprint density at radius 1 is 1.27 bits per heavy atom. The van der Waals surface area contributed by atoms with Gasteiger partial charge in [-0.2, -0.15) is 4.98 Å². The highest BCUT2D eigenvalue weighted by Crippen LogP contribution is 2.29. The zero-order chi connectivity index (χ0) is 20.7. The summed E-state index contributed by atoms with van der Waals surface area (Å²) in [6.07, 6.45) is 5.20. The number of aryl methyl sites for hydroxylation is 1. The number of carbonyl (C=O) groups is 1. The van der Waals surface area contributed by atoms with Gasteiger partial charge >= 0.3 is 0 Å². The van der Waals surface area contributed by atoms with E-state index < -0.39 is 0 Å². The van der Waals surface area contributed by atoms with E-state index in [0.717, 1.165) is 29.3 Å². The van der Waals surface area contributed by atoms with Crippen molar-refractivity contribution in [3.05, 3.63) is 65.4 Å². The largest absolute Gasteiger partial charge is 0.340 e. The van der Waals surface area contributed by atoms with Gasteiger partial charge < -0.3 is 14.0 Å². The van der Waals surface area contributed by atoms with Gasteiger partial charge in [0.1, 0.15) is 5.69 Å². The van der Waals surface area contributed by atoms with E-state index in [2.05, 4.69) is 15.1 Å². The molecule has 7 nitrogen and oxygen atoms in total. The number of hydrogen-bond acceptors (Lipinski definition) is 5. The lowest BCUT2D eigenvalue weighted by Gasteiger charge is -2.31. The molecule has 30 heavy (non-hydrogen) atoms. The first-order valence-electron chi connectivity index (χ1n) is 9.88. The molecule has 0 N–H and O–H groups in total. The van der Waals surface area contributed by atoms with Crippen molar-refractivity contribution < 1.29 is 9.32 Å². The molecule has 0 bridgehead atoms. The maximum atomic E-state index is 13.3. The lowest BCUT2D eigenvalue weighted by Crippen LogP contribution is -2.39. The van der Waals surface area contributed by atoms with Crippen LogP contribution in [0.5, 0.6) is 0 Å². The molecular weight excluding hydrogens is 402 g/mol. The smallest absolute Gasteiger partial charge is 0.270 e. The number of piperidine rings is 1. The summed E-state index contributed by atoms with van der Waals surface area (Å²) in [6.45, 7) is 1.26. The van der Waals surface area contributed by atoms with E-state index in [1.54, 1.807) is 12.4 Å². The van der Waals surface area contributed by atoms with Gasteiger partial charge in [-0.1, -0.05) is 16.8 Å². The molecule has 0 saturated carbocycles. The number of rotatable bonds is 3. The number of carbonyl (C=O) groups excluding carboxylic acids is 1. The van der Waals surface area contributed by atoms with Gasteiger partial charge in [-0.3, -0.25) is 9.78 Å². The van der Waals surface area contributed by atoms with Crippen LogP contribution in [0.15, 0.2) is 53.3 Å². The highest BCUT2D eigenvalue weighted by Gasteiger charge is 2.30. The van der Waals surface area contributed by atoms with Crippen molar-refractivity contribution in [1.82, 2.24) is 24.6 Å². The van der Waals surface area contributed by atoms with Gasteiger partial charge in [-0.15, -0.1) is 0 Å². The summed E-state index contributed by atoms with van der Waals surface area (Å²) < 4.78 is 7.45. The maximum absolute atomic E-state index is 13.3. The van der Waals surface area contributed by atoms with E-state index in [0.29, 0.717) is 35.5 Å². The number of nitrogens with zero attached hydrogens (tertiary/aromatic N) is 5. The number of hydrogen-bond donors (Lipinski definition) is 0. The van der Waals surface area contributed by atoms with Crippen LogP contribution in [0.1, 0.15) is 35.1 Å². The van der Waals surface area contributed by atoms with E-state index in [1.165, 1.54) is 0 Å². The Morgan fingerprint density at radius 3 is 3.00 bits per heavy atom. The molecular formula is C22H20ClN5O2. The third kappa shape index (κ3) is 3.35. The van der Waals surface area contributed by atoms with Gasteiger partial charge in [0.25, 0.3) is 5.91 Å². The fourth-order valence-electron chi connectivity index (χ4n) is 4.06. The molecule has 152 valence electrons. The number of likely N-dealkylation sites (tertiary alicyclic amines) is 1. The topological polar surface area (TPSA) is 77.1 Å². The van der Waals surface area contributed by atoms with Crippen molar-refractivity contribution in [2.75, 3.05) is 13.1 Å². The van der Waals surface area contributed by atoms with E-state index in [-0.39, 0.29) is 11.8 Å². The predicted molar refractivity (Wildman–Crippen MR) is 113 cm³/mol. The van der Waals surface area contributed by atoms with Crippen LogP contribution in [0.4, 0.5) is 0 Å². The quantitative estimate of drug-likeness (QED) is 0.493. The Kier molecular flexibility index (Phi) is 4.75. The molecule has 0 aliphatic carbocycles. The Morgan fingerprint density at radius 2 is 2.17 bits per heavy atom. The van der Waals surface area contributed by atoms with Gasteiger partial charge in [-0.05, 0) is 49.2 Å². The second-order valence-electron chi connectivity index (χ2n) is 7.58. The van der Waals surface area contributed by atoms with Gasteiger partial charge in [0.05, 0.1) is 5.92 Å². The summed E-state index contributed by atoms with van der Waals surface area (Å²) >= 11 is 6.11. The average Bonchev–Trinajstić information content (AvgIpc) is 3.39. The molecule has 4 aromatic rings. The summed E-state index contributed by atoms with van der Waals surface area (Å²) in [7, 11) is 1.91. The van der Waals surface area contributed by atoms with Crippen LogP contribution in [-0.2, 0) is 7.05 Å². The van der Waals surface area contributed by atoms with Crippen molar-refractivity contribution in [3.63, 3.8) is 0 Å². The fraction of sp³-hybridized carbons (Fsp3) is 0.273. The highest BCUT2D eigenvalue weighted by molar-refractivity contribution is 6.31. The summed E-state index contributed by atoms with van der Waals surface area (Å²) in [5.41, 5.74) is 2.44. The predicted octanol–water partition coefficient (Wildman–Crippen LogP) is 4.30. The monoisotopic (exact) mass is 421 g/mol. The molecule has 8 heteroatoms. The Balaban J connectivity index is 1.38.